The van der Waals surface area contributed by atoms with Gasteiger partial charge in [0.15, 0.2) is 17.3 Å². The minimum absolute atomic E-state index is 0.201. The molecule has 4 aromatic rings. The number of primary amides is 1. The molecule has 0 saturated carbocycles. The Kier molecular flexibility index (Phi) is 6.02. The van der Waals surface area contributed by atoms with E-state index >= 15 is 0 Å². The van der Waals surface area contributed by atoms with Crippen LogP contribution in [0.4, 0.5) is 5.82 Å². The Morgan fingerprint density at radius 1 is 1.09 bits per heavy atom. The van der Waals surface area contributed by atoms with Crippen LogP contribution in [0.3, 0.4) is 0 Å². The Labute approximate surface area is 186 Å². The summed E-state index contributed by atoms with van der Waals surface area (Å²) < 4.78 is 7.24. The van der Waals surface area contributed by atoms with Gasteiger partial charge in [0.25, 0.3) is 0 Å². The van der Waals surface area contributed by atoms with Gasteiger partial charge in [-0.2, -0.15) is 0 Å². The van der Waals surface area contributed by atoms with Crippen molar-refractivity contribution in [3.63, 3.8) is 0 Å². The number of imidazole rings is 1. The third-order valence-corrected chi connectivity index (χ3v) is 5.27. The van der Waals surface area contributed by atoms with Gasteiger partial charge in [-0.25, -0.2) is 15.0 Å². The maximum atomic E-state index is 11.4. The lowest BCUT2D eigenvalue weighted by molar-refractivity contribution is 0.100. The van der Waals surface area contributed by atoms with Gasteiger partial charge in [-0.3, -0.25) is 4.79 Å². The van der Waals surface area contributed by atoms with E-state index in [0.29, 0.717) is 23.8 Å². The molecule has 0 aliphatic rings. The first kappa shape index (κ1) is 21.3. The molecule has 164 valence electrons. The maximum Gasteiger partial charge on any atom is 0.248 e. The Hall–Kier alpha value is -3.94. The molecule has 8 heteroatoms. The summed E-state index contributed by atoms with van der Waals surface area (Å²) >= 11 is 0. The van der Waals surface area contributed by atoms with Gasteiger partial charge < -0.3 is 20.4 Å². The molecule has 0 fully saturated rings. The largest absolute Gasteiger partial charge is 0.497 e. The van der Waals surface area contributed by atoms with Crippen LogP contribution in [0.5, 0.6) is 5.75 Å². The Bertz CT molecular complexity index is 1230. The molecule has 2 aromatic heterocycles. The zero-order valence-corrected chi connectivity index (χ0v) is 18.4. The fraction of sp³-hybridized carbons (Fsp3) is 0.250. The van der Waals surface area contributed by atoms with E-state index in [1.807, 2.05) is 16.7 Å². The fourth-order valence-corrected chi connectivity index (χ4v) is 3.45. The van der Waals surface area contributed by atoms with Gasteiger partial charge >= 0.3 is 0 Å². The first-order valence-corrected chi connectivity index (χ1v) is 10.5. The van der Waals surface area contributed by atoms with Crippen molar-refractivity contribution in [1.82, 2.24) is 19.5 Å². The third kappa shape index (κ3) is 4.39. The van der Waals surface area contributed by atoms with Gasteiger partial charge in [-0.1, -0.05) is 24.3 Å². The minimum Gasteiger partial charge on any atom is -0.497 e. The summed E-state index contributed by atoms with van der Waals surface area (Å²) in [7, 11) is 1.66. The van der Waals surface area contributed by atoms with E-state index in [-0.39, 0.29) is 6.04 Å². The Morgan fingerprint density at radius 3 is 2.44 bits per heavy atom. The third-order valence-electron chi connectivity index (χ3n) is 5.27. The molecule has 4 rings (SSSR count). The highest BCUT2D eigenvalue weighted by atomic mass is 16.5. The first-order valence-electron chi connectivity index (χ1n) is 10.5. The summed E-state index contributed by atoms with van der Waals surface area (Å²) in [5.74, 6) is 1.61. The molecule has 0 bridgehead atoms. The molecule has 2 aromatic carbocycles. The number of hydrogen-bond acceptors (Lipinski definition) is 6. The van der Waals surface area contributed by atoms with Crippen LogP contribution >= 0.6 is 0 Å². The molecule has 0 spiro atoms. The van der Waals surface area contributed by atoms with Crippen molar-refractivity contribution in [2.75, 3.05) is 19.0 Å². The molecule has 1 amide bonds. The summed E-state index contributed by atoms with van der Waals surface area (Å²) in [5.41, 5.74) is 9.28. The highest BCUT2D eigenvalue weighted by Gasteiger charge is 2.16. The monoisotopic (exact) mass is 430 g/mol. The standard InChI is InChI=1S/C24H26N6O2/c1-15(2)30-14-27-20-23(26-13-12-16-4-10-19(32-3)11-5-16)28-22(29-24(20)30)18-8-6-17(7-9-18)21(25)31/h4-11,14-15H,12-13H2,1-3H3,(H2,25,31)(H,26,28,29). The molecular weight excluding hydrogens is 404 g/mol. The molecule has 0 atom stereocenters. The summed E-state index contributed by atoms with van der Waals surface area (Å²) in [6.45, 7) is 4.86. The van der Waals surface area contributed by atoms with Gasteiger partial charge in [-0.05, 0) is 50.1 Å². The SMILES string of the molecule is COc1ccc(CCNc2nc(-c3ccc(C(N)=O)cc3)nc3c2ncn3C(C)C)cc1. The summed E-state index contributed by atoms with van der Waals surface area (Å²) in [5, 5.41) is 3.42. The summed E-state index contributed by atoms with van der Waals surface area (Å²) in [6, 6.07) is 15.2. The lowest BCUT2D eigenvalue weighted by atomic mass is 10.1. The number of ether oxygens (including phenoxy) is 1. The summed E-state index contributed by atoms with van der Waals surface area (Å²) in [6.07, 6.45) is 2.61. The van der Waals surface area contributed by atoms with E-state index in [1.54, 1.807) is 37.7 Å². The van der Waals surface area contributed by atoms with Crippen LogP contribution in [0.25, 0.3) is 22.6 Å². The predicted molar refractivity (Wildman–Crippen MR) is 125 cm³/mol. The Balaban J connectivity index is 1.64. The lowest BCUT2D eigenvalue weighted by Crippen LogP contribution is -2.11. The van der Waals surface area contributed by atoms with Crippen molar-refractivity contribution in [2.45, 2.75) is 26.3 Å². The molecule has 8 nitrogen and oxygen atoms in total. The zero-order chi connectivity index (χ0) is 22.7. The molecule has 32 heavy (non-hydrogen) atoms. The minimum atomic E-state index is -0.466. The second kappa shape index (κ2) is 9.05. The second-order valence-corrected chi connectivity index (χ2v) is 7.78. The number of aromatic nitrogens is 4. The topological polar surface area (TPSA) is 108 Å². The number of methoxy groups -OCH3 is 1. The van der Waals surface area contributed by atoms with Crippen LogP contribution in [0.2, 0.25) is 0 Å². The number of nitrogens with two attached hydrogens (primary N) is 1. The normalized spacial score (nSPS) is 11.1. The van der Waals surface area contributed by atoms with Crippen molar-refractivity contribution in [3.8, 4) is 17.1 Å². The lowest BCUT2D eigenvalue weighted by Gasteiger charge is -2.12. The van der Waals surface area contributed by atoms with Crippen LogP contribution in [-0.2, 0) is 6.42 Å². The van der Waals surface area contributed by atoms with Crippen molar-refractivity contribution < 1.29 is 9.53 Å². The van der Waals surface area contributed by atoms with E-state index in [1.165, 1.54) is 5.56 Å². The molecule has 0 radical (unpaired) electrons. The number of carbonyl (C=O) groups is 1. The van der Waals surface area contributed by atoms with E-state index in [2.05, 4.69) is 36.3 Å². The van der Waals surface area contributed by atoms with Gasteiger partial charge in [0, 0.05) is 23.7 Å². The molecule has 0 saturated heterocycles. The first-order chi connectivity index (χ1) is 15.5. The smallest absolute Gasteiger partial charge is 0.248 e. The van der Waals surface area contributed by atoms with Crippen LogP contribution < -0.4 is 15.8 Å². The Morgan fingerprint density at radius 2 is 1.81 bits per heavy atom. The molecule has 0 unspecified atom stereocenters. The van der Waals surface area contributed by atoms with Crippen LogP contribution in [-0.4, -0.2) is 39.1 Å². The number of carbonyl (C=O) groups excluding carboxylic acids is 1. The number of benzene rings is 2. The number of anilines is 1. The van der Waals surface area contributed by atoms with Crippen molar-refractivity contribution in [2.24, 2.45) is 5.73 Å². The highest BCUT2D eigenvalue weighted by Crippen LogP contribution is 2.26. The van der Waals surface area contributed by atoms with E-state index in [0.717, 1.165) is 28.9 Å². The van der Waals surface area contributed by atoms with Gasteiger partial charge in [0.1, 0.15) is 11.3 Å². The van der Waals surface area contributed by atoms with Crippen LogP contribution in [0, 0.1) is 0 Å². The number of amides is 1. The van der Waals surface area contributed by atoms with Gasteiger partial charge in [0.2, 0.25) is 5.91 Å². The quantitative estimate of drug-likeness (QED) is 0.440. The number of nitrogens with zero attached hydrogens (tertiary/aromatic N) is 4. The number of rotatable bonds is 8. The van der Waals surface area contributed by atoms with Crippen LogP contribution in [0.15, 0.2) is 54.9 Å². The molecule has 2 heterocycles. The highest BCUT2D eigenvalue weighted by molar-refractivity contribution is 5.93. The van der Waals surface area contributed by atoms with Gasteiger partial charge in [-0.15, -0.1) is 0 Å². The van der Waals surface area contributed by atoms with Crippen molar-refractivity contribution in [3.05, 3.63) is 66.0 Å². The van der Waals surface area contributed by atoms with E-state index < -0.39 is 5.91 Å². The number of nitrogens with one attached hydrogen (secondary N) is 1. The number of fused-ring (bicyclic) bond motifs is 1. The average Bonchev–Trinajstić information content (AvgIpc) is 3.24. The molecule has 0 aliphatic heterocycles. The molecule has 3 N–H and O–H groups in total. The van der Waals surface area contributed by atoms with E-state index in [4.69, 9.17) is 20.4 Å². The average molecular weight is 431 g/mol. The van der Waals surface area contributed by atoms with Crippen molar-refractivity contribution >= 4 is 22.9 Å². The predicted octanol–water partition coefficient (Wildman–Crippen LogP) is 3.84. The van der Waals surface area contributed by atoms with Gasteiger partial charge in [0.05, 0.1) is 13.4 Å². The van der Waals surface area contributed by atoms with Crippen molar-refractivity contribution in [1.29, 1.82) is 0 Å². The zero-order valence-electron chi connectivity index (χ0n) is 18.4. The fourth-order valence-electron chi connectivity index (χ4n) is 3.45. The maximum absolute atomic E-state index is 11.4. The molecule has 0 aliphatic carbocycles. The second-order valence-electron chi connectivity index (χ2n) is 7.78. The number of hydrogen-bond donors (Lipinski definition) is 2. The van der Waals surface area contributed by atoms with Crippen LogP contribution in [0.1, 0.15) is 35.8 Å². The van der Waals surface area contributed by atoms with E-state index in [9.17, 15) is 4.79 Å². The molecular formula is C24H26N6O2. The summed E-state index contributed by atoms with van der Waals surface area (Å²) in [4.78, 5) is 25.5.